The van der Waals surface area contributed by atoms with E-state index < -0.39 is 0 Å². The third-order valence-electron chi connectivity index (χ3n) is 3.82. The lowest BCUT2D eigenvalue weighted by molar-refractivity contribution is -0.123. The molecule has 1 aromatic heterocycles. The maximum Gasteiger partial charge on any atom is 0.243 e. The molecular weight excluding hydrogens is 366 g/mol. The first-order valence-electron chi connectivity index (χ1n) is 8.35. The molecular formula is C20H18ClN3O3. The highest BCUT2D eigenvalue weighted by Gasteiger charge is 2.15. The Morgan fingerprint density at radius 1 is 1.04 bits per heavy atom. The van der Waals surface area contributed by atoms with Crippen molar-refractivity contribution >= 4 is 29.1 Å². The number of carbonyl (C=O) groups is 2. The fraction of sp³-hybridized carbons (Fsp3) is 0.150. The largest absolute Gasteiger partial charge is 0.441 e. The van der Waals surface area contributed by atoms with Crippen LogP contribution in [0.4, 0.5) is 5.69 Å². The van der Waals surface area contributed by atoms with Gasteiger partial charge in [-0.1, -0.05) is 29.8 Å². The molecule has 0 aliphatic heterocycles. The first kappa shape index (κ1) is 18.7. The molecule has 0 aliphatic carbocycles. The second-order valence-corrected chi connectivity index (χ2v) is 6.33. The summed E-state index contributed by atoms with van der Waals surface area (Å²) in [6, 6.07) is 16.1. The maximum absolute atomic E-state index is 12.1. The standard InChI is InChI=1S/C20H18ClN3O3/c1-13-17(24-20(27-13)14-7-9-15(21)10-8-14)11-18(25)22-12-19(26)23-16-5-3-2-4-6-16/h2-10H,11-12H2,1H3,(H,22,25)(H,23,26). The van der Waals surface area contributed by atoms with Crippen molar-refractivity contribution in [2.24, 2.45) is 0 Å². The maximum atomic E-state index is 12.1. The van der Waals surface area contributed by atoms with E-state index in [0.29, 0.717) is 28.1 Å². The number of aryl methyl sites for hydroxylation is 1. The lowest BCUT2D eigenvalue weighted by Crippen LogP contribution is -2.33. The Kier molecular flexibility index (Phi) is 5.88. The van der Waals surface area contributed by atoms with Gasteiger partial charge in [0.25, 0.3) is 0 Å². The topological polar surface area (TPSA) is 84.2 Å². The zero-order valence-corrected chi connectivity index (χ0v) is 15.4. The summed E-state index contributed by atoms with van der Waals surface area (Å²) in [5.41, 5.74) is 1.98. The zero-order valence-electron chi connectivity index (χ0n) is 14.7. The molecule has 0 saturated carbocycles. The van der Waals surface area contributed by atoms with Crippen LogP contribution in [0.1, 0.15) is 11.5 Å². The molecule has 138 valence electrons. The molecule has 0 aliphatic rings. The normalized spacial score (nSPS) is 10.4. The molecule has 0 radical (unpaired) electrons. The van der Waals surface area contributed by atoms with E-state index in [0.717, 1.165) is 5.56 Å². The number of hydrogen-bond acceptors (Lipinski definition) is 4. The van der Waals surface area contributed by atoms with Crippen LogP contribution >= 0.6 is 11.6 Å². The summed E-state index contributed by atoms with van der Waals surface area (Å²) in [6.07, 6.45) is 0.0293. The second-order valence-electron chi connectivity index (χ2n) is 5.90. The van der Waals surface area contributed by atoms with E-state index >= 15 is 0 Å². The summed E-state index contributed by atoms with van der Waals surface area (Å²) in [7, 11) is 0. The van der Waals surface area contributed by atoms with Gasteiger partial charge in [-0.15, -0.1) is 0 Å². The molecule has 0 spiro atoms. The summed E-state index contributed by atoms with van der Waals surface area (Å²) >= 11 is 5.88. The van der Waals surface area contributed by atoms with E-state index in [4.69, 9.17) is 16.0 Å². The number of amides is 2. The Labute approximate surface area is 161 Å². The van der Waals surface area contributed by atoms with Crippen molar-refractivity contribution in [2.45, 2.75) is 13.3 Å². The van der Waals surface area contributed by atoms with Gasteiger partial charge in [-0.25, -0.2) is 4.98 Å². The van der Waals surface area contributed by atoms with E-state index in [1.165, 1.54) is 0 Å². The molecule has 2 N–H and O–H groups in total. The number of oxazole rings is 1. The SMILES string of the molecule is Cc1oc(-c2ccc(Cl)cc2)nc1CC(=O)NCC(=O)Nc1ccccc1. The number of nitrogens with one attached hydrogen (secondary N) is 2. The third-order valence-corrected chi connectivity index (χ3v) is 4.07. The quantitative estimate of drug-likeness (QED) is 0.681. The molecule has 1 heterocycles. The van der Waals surface area contributed by atoms with E-state index in [9.17, 15) is 9.59 Å². The summed E-state index contributed by atoms with van der Waals surface area (Å²) in [6.45, 7) is 1.63. The van der Waals surface area contributed by atoms with Gasteiger partial charge in [-0.2, -0.15) is 0 Å². The van der Waals surface area contributed by atoms with Gasteiger partial charge in [-0.05, 0) is 43.3 Å². The monoisotopic (exact) mass is 383 g/mol. The number of benzene rings is 2. The highest BCUT2D eigenvalue weighted by atomic mass is 35.5. The van der Waals surface area contributed by atoms with Gasteiger partial charge in [0.15, 0.2) is 0 Å². The van der Waals surface area contributed by atoms with Crippen LogP contribution in [0.25, 0.3) is 11.5 Å². The van der Waals surface area contributed by atoms with Crippen LogP contribution in [0.5, 0.6) is 0 Å². The van der Waals surface area contributed by atoms with E-state index in [1.807, 2.05) is 18.2 Å². The minimum absolute atomic E-state index is 0.0293. The Balaban J connectivity index is 1.55. The van der Waals surface area contributed by atoms with Crippen molar-refractivity contribution in [2.75, 3.05) is 11.9 Å². The van der Waals surface area contributed by atoms with Gasteiger partial charge in [0.1, 0.15) is 5.76 Å². The lowest BCUT2D eigenvalue weighted by atomic mass is 10.2. The number of anilines is 1. The molecule has 3 rings (SSSR count). The first-order chi connectivity index (χ1) is 13.0. The van der Waals surface area contributed by atoms with Crippen LogP contribution < -0.4 is 10.6 Å². The molecule has 0 saturated heterocycles. The van der Waals surface area contributed by atoms with Crippen molar-refractivity contribution in [3.05, 3.63) is 71.1 Å². The number of nitrogens with zero attached hydrogens (tertiary/aromatic N) is 1. The number of aromatic nitrogens is 1. The molecule has 27 heavy (non-hydrogen) atoms. The van der Waals surface area contributed by atoms with Gasteiger partial charge in [0, 0.05) is 16.3 Å². The van der Waals surface area contributed by atoms with Gasteiger partial charge in [-0.3, -0.25) is 9.59 Å². The molecule has 0 fully saturated rings. The number of para-hydroxylation sites is 1. The zero-order chi connectivity index (χ0) is 19.2. The predicted molar refractivity (Wildman–Crippen MR) is 103 cm³/mol. The Hall–Kier alpha value is -3.12. The summed E-state index contributed by atoms with van der Waals surface area (Å²) in [5, 5.41) is 5.91. The van der Waals surface area contributed by atoms with Crippen LogP contribution in [0.2, 0.25) is 5.02 Å². The molecule has 0 atom stereocenters. The number of carbonyl (C=O) groups excluding carboxylic acids is 2. The van der Waals surface area contributed by atoms with Crippen LogP contribution in [0, 0.1) is 6.92 Å². The fourth-order valence-corrected chi connectivity index (χ4v) is 2.55. The molecule has 3 aromatic rings. The fourth-order valence-electron chi connectivity index (χ4n) is 2.43. The van der Waals surface area contributed by atoms with Crippen molar-refractivity contribution in [3.8, 4) is 11.5 Å². The van der Waals surface area contributed by atoms with Crippen LogP contribution in [0.3, 0.4) is 0 Å². The highest BCUT2D eigenvalue weighted by Crippen LogP contribution is 2.23. The van der Waals surface area contributed by atoms with E-state index in [-0.39, 0.29) is 24.8 Å². The van der Waals surface area contributed by atoms with Gasteiger partial charge < -0.3 is 15.1 Å². The minimum Gasteiger partial charge on any atom is -0.441 e. The molecule has 2 amide bonds. The van der Waals surface area contributed by atoms with Crippen LogP contribution in [0.15, 0.2) is 59.0 Å². The number of hydrogen-bond donors (Lipinski definition) is 2. The van der Waals surface area contributed by atoms with Crippen molar-refractivity contribution in [1.29, 1.82) is 0 Å². The molecule has 2 aromatic carbocycles. The first-order valence-corrected chi connectivity index (χ1v) is 8.73. The molecule has 0 unspecified atom stereocenters. The highest BCUT2D eigenvalue weighted by molar-refractivity contribution is 6.30. The van der Waals surface area contributed by atoms with Crippen molar-refractivity contribution < 1.29 is 14.0 Å². The van der Waals surface area contributed by atoms with Gasteiger partial charge in [0.05, 0.1) is 18.7 Å². The van der Waals surface area contributed by atoms with Crippen LogP contribution in [-0.4, -0.2) is 23.3 Å². The van der Waals surface area contributed by atoms with Crippen LogP contribution in [-0.2, 0) is 16.0 Å². The Bertz CT molecular complexity index is 937. The van der Waals surface area contributed by atoms with Crippen molar-refractivity contribution in [3.63, 3.8) is 0 Å². The minimum atomic E-state index is -0.308. The van der Waals surface area contributed by atoms with E-state index in [2.05, 4.69) is 15.6 Å². The third kappa shape index (κ3) is 5.18. The summed E-state index contributed by atoms with van der Waals surface area (Å²) < 4.78 is 5.63. The molecule has 0 bridgehead atoms. The number of halogens is 1. The second kappa shape index (κ2) is 8.51. The smallest absolute Gasteiger partial charge is 0.243 e. The van der Waals surface area contributed by atoms with Gasteiger partial charge in [0.2, 0.25) is 17.7 Å². The predicted octanol–water partition coefficient (Wildman–Crippen LogP) is 3.60. The van der Waals surface area contributed by atoms with E-state index in [1.54, 1.807) is 43.3 Å². The summed E-state index contributed by atoms with van der Waals surface area (Å²) in [4.78, 5) is 28.4. The lowest BCUT2D eigenvalue weighted by Gasteiger charge is -2.06. The average molecular weight is 384 g/mol. The van der Waals surface area contributed by atoms with Crippen molar-refractivity contribution in [1.82, 2.24) is 10.3 Å². The average Bonchev–Trinajstić information content (AvgIpc) is 3.02. The molecule has 7 heteroatoms. The Morgan fingerprint density at radius 3 is 2.44 bits per heavy atom. The summed E-state index contributed by atoms with van der Waals surface area (Å²) in [5.74, 6) is 0.378. The number of rotatable bonds is 6. The molecule has 6 nitrogen and oxygen atoms in total. The Morgan fingerprint density at radius 2 is 1.74 bits per heavy atom. The van der Waals surface area contributed by atoms with Gasteiger partial charge >= 0.3 is 0 Å².